The van der Waals surface area contributed by atoms with E-state index in [1.807, 2.05) is 11.6 Å². The maximum atomic E-state index is 11.8. The molecule has 0 atom stereocenters. The van der Waals surface area contributed by atoms with Crippen LogP contribution in [0.15, 0.2) is 10.7 Å². The van der Waals surface area contributed by atoms with Crippen LogP contribution in [0, 0.1) is 6.92 Å². The average Bonchev–Trinajstić information content (AvgIpc) is 2.82. The molecular formula is C14H23BrN4O2. The van der Waals surface area contributed by atoms with Crippen LogP contribution in [0.4, 0.5) is 0 Å². The Morgan fingerprint density at radius 3 is 2.86 bits per heavy atom. The van der Waals surface area contributed by atoms with E-state index < -0.39 is 0 Å². The first-order valence-electron chi connectivity index (χ1n) is 7.41. The second kappa shape index (κ2) is 8.51. The molecule has 0 aromatic carbocycles. The Balaban J connectivity index is 1.56. The minimum Gasteiger partial charge on any atom is -0.379 e. The fourth-order valence-electron chi connectivity index (χ4n) is 2.30. The molecule has 1 aromatic heterocycles. The molecule has 1 aromatic rings. The van der Waals surface area contributed by atoms with Gasteiger partial charge in [-0.05, 0) is 35.8 Å². The van der Waals surface area contributed by atoms with Gasteiger partial charge in [-0.3, -0.25) is 14.4 Å². The van der Waals surface area contributed by atoms with Gasteiger partial charge in [0.25, 0.3) is 0 Å². The van der Waals surface area contributed by atoms with E-state index in [1.54, 1.807) is 6.20 Å². The monoisotopic (exact) mass is 358 g/mol. The van der Waals surface area contributed by atoms with Crippen LogP contribution in [0.3, 0.4) is 0 Å². The van der Waals surface area contributed by atoms with Gasteiger partial charge in [0, 0.05) is 38.3 Å². The number of nitrogens with zero attached hydrogens (tertiary/aromatic N) is 3. The highest BCUT2D eigenvalue weighted by molar-refractivity contribution is 9.10. The number of hydrogen-bond acceptors (Lipinski definition) is 4. The third-order valence-electron chi connectivity index (χ3n) is 3.67. The SMILES string of the molecule is Cc1c(Br)cnn1CCC(=O)NCCCN1CCOCC1. The molecule has 1 amide bonds. The van der Waals surface area contributed by atoms with Gasteiger partial charge >= 0.3 is 0 Å². The first-order valence-corrected chi connectivity index (χ1v) is 8.21. The number of halogens is 1. The zero-order valence-electron chi connectivity index (χ0n) is 12.5. The summed E-state index contributed by atoms with van der Waals surface area (Å²) in [6.45, 7) is 8.01. The summed E-state index contributed by atoms with van der Waals surface area (Å²) in [6, 6.07) is 0. The average molecular weight is 359 g/mol. The number of carbonyl (C=O) groups excluding carboxylic acids is 1. The Hall–Kier alpha value is -0.920. The van der Waals surface area contributed by atoms with Crippen molar-refractivity contribution in [2.75, 3.05) is 39.4 Å². The molecule has 0 spiro atoms. The Morgan fingerprint density at radius 1 is 1.43 bits per heavy atom. The lowest BCUT2D eigenvalue weighted by Gasteiger charge is -2.26. The van der Waals surface area contributed by atoms with E-state index in [0.29, 0.717) is 13.0 Å². The molecule has 1 N–H and O–H groups in total. The zero-order valence-corrected chi connectivity index (χ0v) is 14.1. The molecule has 2 heterocycles. The Labute approximate surface area is 133 Å². The zero-order chi connectivity index (χ0) is 15.1. The number of hydrogen-bond donors (Lipinski definition) is 1. The Morgan fingerprint density at radius 2 is 2.19 bits per heavy atom. The third kappa shape index (κ3) is 5.41. The van der Waals surface area contributed by atoms with Crippen molar-refractivity contribution in [2.24, 2.45) is 0 Å². The number of carbonyl (C=O) groups is 1. The van der Waals surface area contributed by atoms with Crippen molar-refractivity contribution in [1.82, 2.24) is 20.0 Å². The molecule has 0 aliphatic carbocycles. The third-order valence-corrected chi connectivity index (χ3v) is 4.45. The van der Waals surface area contributed by atoms with Gasteiger partial charge in [0.2, 0.25) is 5.91 Å². The number of nitrogens with one attached hydrogen (secondary N) is 1. The number of rotatable bonds is 7. The molecule has 0 unspecified atom stereocenters. The summed E-state index contributed by atoms with van der Waals surface area (Å²) in [5.41, 5.74) is 1.05. The largest absolute Gasteiger partial charge is 0.379 e. The van der Waals surface area contributed by atoms with E-state index in [-0.39, 0.29) is 5.91 Å². The van der Waals surface area contributed by atoms with Crippen LogP contribution in [0.1, 0.15) is 18.5 Å². The summed E-state index contributed by atoms with van der Waals surface area (Å²) in [5, 5.41) is 7.19. The first-order chi connectivity index (χ1) is 10.2. The van der Waals surface area contributed by atoms with E-state index in [4.69, 9.17) is 4.74 Å². The van der Waals surface area contributed by atoms with Crippen LogP contribution in [0.25, 0.3) is 0 Å². The first kappa shape index (κ1) is 16.5. The normalized spacial score (nSPS) is 16.1. The van der Waals surface area contributed by atoms with Crippen molar-refractivity contribution >= 4 is 21.8 Å². The van der Waals surface area contributed by atoms with Gasteiger partial charge in [-0.2, -0.15) is 5.10 Å². The summed E-state index contributed by atoms with van der Waals surface area (Å²) in [7, 11) is 0. The van der Waals surface area contributed by atoms with Crippen molar-refractivity contribution in [1.29, 1.82) is 0 Å². The molecule has 2 rings (SSSR count). The lowest BCUT2D eigenvalue weighted by molar-refractivity contribution is -0.121. The van der Waals surface area contributed by atoms with E-state index >= 15 is 0 Å². The molecule has 6 nitrogen and oxygen atoms in total. The highest BCUT2D eigenvalue weighted by Gasteiger charge is 2.10. The quantitative estimate of drug-likeness (QED) is 0.743. The molecule has 0 radical (unpaired) electrons. The lowest BCUT2D eigenvalue weighted by atomic mass is 10.3. The molecule has 21 heavy (non-hydrogen) atoms. The van der Waals surface area contributed by atoms with Crippen molar-refractivity contribution in [2.45, 2.75) is 26.3 Å². The van der Waals surface area contributed by atoms with Gasteiger partial charge in [-0.1, -0.05) is 0 Å². The second-order valence-corrected chi connectivity index (χ2v) is 6.06. The minimum atomic E-state index is 0.0861. The molecule has 0 saturated carbocycles. The van der Waals surface area contributed by atoms with Crippen LogP contribution >= 0.6 is 15.9 Å². The molecular weight excluding hydrogens is 336 g/mol. The van der Waals surface area contributed by atoms with Gasteiger partial charge in [0.1, 0.15) is 0 Å². The van der Waals surface area contributed by atoms with Gasteiger partial charge in [-0.15, -0.1) is 0 Å². The Bertz CT molecular complexity index is 458. The van der Waals surface area contributed by atoms with Crippen molar-refractivity contribution < 1.29 is 9.53 Å². The van der Waals surface area contributed by atoms with Crippen LogP contribution in [0.2, 0.25) is 0 Å². The fraction of sp³-hybridized carbons (Fsp3) is 0.714. The standard InChI is InChI=1S/C14H23BrN4O2/c1-12-13(15)11-17-19(12)6-3-14(20)16-4-2-5-18-7-9-21-10-8-18/h11H,2-10H2,1H3,(H,16,20). The highest BCUT2D eigenvalue weighted by Crippen LogP contribution is 2.14. The maximum Gasteiger partial charge on any atom is 0.221 e. The summed E-state index contributed by atoms with van der Waals surface area (Å²) < 4.78 is 8.13. The van der Waals surface area contributed by atoms with Crippen LogP contribution < -0.4 is 5.32 Å². The van der Waals surface area contributed by atoms with E-state index in [0.717, 1.165) is 56.0 Å². The number of aryl methyl sites for hydroxylation is 1. The maximum absolute atomic E-state index is 11.8. The lowest BCUT2D eigenvalue weighted by Crippen LogP contribution is -2.38. The molecule has 1 fully saturated rings. The fourth-order valence-corrected chi connectivity index (χ4v) is 2.60. The van der Waals surface area contributed by atoms with Gasteiger partial charge in [0.05, 0.1) is 23.9 Å². The van der Waals surface area contributed by atoms with Crippen LogP contribution in [0.5, 0.6) is 0 Å². The van der Waals surface area contributed by atoms with Crippen molar-refractivity contribution in [3.63, 3.8) is 0 Å². The predicted octanol–water partition coefficient (Wildman–Crippen LogP) is 1.18. The van der Waals surface area contributed by atoms with Crippen LogP contribution in [-0.2, 0) is 16.1 Å². The van der Waals surface area contributed by atoms with E-state index in [2.05, 4.69) is 31.2 Å². The number of amides is 1. The topological polar surface area (TPSA) is 59.4 Å². The molecule has 1 aliphatic rings. The van der Waals surface area contributed by atoms with Crippen molar-refractivity contribution in [3.8, 4) is 0 Å². The predicted molar refractivity (Wildman–Crippen MR) is 84.2 cm³/mol. The second-order valence-electron chi connectivity index (χ2n) is 5.21. The van der Waals surface area contributed by atoms with Crippen molar-refractivity contribution in [3.05, 3.63) is 16.4 Å². The molecule has 0 bridgehead atoms. The van der Waals surface area contributed by atoms with Gasteiger partial charge in [0.15, 0.2) is 0 Å². The van der Waals surface area contributed by atoms with Gasteiger partial charge < -0.3 is 10.1 Å². The summed E-state index contributed by atoms with van der Waals surface area (Å²) in [5.74, 6) is 0.0861. The Kier molecular flexibility index (Phi) is 6.66. The summed E-state index contributed by atoms with van der Waals surface area (Å²) in [4.78, 5) is 14.2. The number of ether oxygens (including phenoxy) is 1. The smallest absolute Gasteiger partial charge is 0.221 e. The molecule has 118 valence electrons. The van der Waals surface area contributed by atoms with Gasteiger partial charge in [-0.25, -0.2) is 0 Å². The molecule has 7 heteroatoms. The number of morpholine rings is 1. The molecule has 1 aliphatic heterocycles. The summed E-state index contributed by atoms with van der Waals surface area (Å²) in [6.07, 6.45) is 3.21. The number of aromatic nitrogens is 2. The highest BCUT2D eigenvalue weighted by atomic mass is 79.9. The van der Waals surface area contributed by atoms with Crippen LogP contribution in [-0.4, -0.2) is 60.0 Å². The molecule has 1 saturated heterocycles. The summed E-state index contributed by atoms with van der Waals surface area (Å²) >= 11 is 3.41. The van der Waals surface area contributed by atoms with E-state index in [9.17, 15) is 4.79 Å². The minimum absolute atomic E-state index is 0.0861. The van der Waals surface area contributed by atoms with E-state index in [1.165, 1.54) is 0 Å².